The van der Waals surface area contributed by atoms with E-state index in [1.54, 1.807) is 0 Å². The molecular formula is C14H20BrCl. The van der Waals surface area contributed by atoms with Gasteiger partial charge in [0.25, 0.3) is 0 Å². The minimum atomic E-state index is 0.733. The van der Waals surface area contributed by atoms with E-state index in [-0.39, 0.29) is 0 Å². The average Bonchev–Trinajstić information content (AvgIpc) is 2.30. The predicted molar refractivity (Wildman–Crippen MR) is 76.5 cm³/mol. The first kappa shape index (κ1) is 14.1. The molecule has 0 saturated carbocycles. The fraction of sp³-hybridized carbons (Fsp3) is 0.571. The Balaban J connectivity index is 2.52. The van der Waals surface area contributed by atoms with E-state index in [1.165, 1.54) is 18.4 Å². The second-order valence-electron chi connectivity index (χ2n) is 4.60. The van der Waals surface area contributed by atoms with Crippen LogP contribution in [0.5, 0.6) is 0 Å². The molecule has 0 nitrogen and oxygen atoms in total. The lowest BCUT2D eigenvalue weighted by Crippen LogP contribution is -2.10. The van der Waals surface area contributed by atoms with Crippen molar-refractivity contribution >= 4 is 27.5 Å². The Labute approximate surface area is 113 Å². The maximum absolute atomic E-state index is 5.88. The normalized spacial score (nSPS) is 14.8. The zero-order chi connectivity index (χ0) is 12.0. The molecule has 0 saturated heterocycles. The second-order valence-corrected chi connectivity index (χ2v) is 5.68. The van der Waals surface area contributed by atoms with Crippen molar-refractivity contribution in [3.05, 3.63) is 34.9 Å². The summed E-state index contributed by atoms with van der Waals surface area (Å²) in [5.41, 5.74) is 1.39. The third-order valence-corrected chi connectivity index (χ3v) is 4.26. The highest BCUT2D eigenvalue weighted by Gasteiger charge is 2.11. The van der Waals surface area contributed by atoms with Crippen molar-refractivity contribution in [1.82, 2.24) is 0 Å². The van der Waals surface area contributed by atoms with E-state index in [9.17, 15) is 0 Å². The molecule has 16 heavy (non-hydrogen) atoms. The van der Waals surface area contributed by atoms with E-state index >= 15 is 0 Å². The van der Waals surface area contributed by atoms with Crippen LogP contribution in [0.4, 0.5) is 0 Å². The van der Waals surface area contributed by atoms with Crippen molar-refractivity contribution in [3.63, 3.8) is 0 Å². The molecule has 1 aromatic rings. The molecule has 0 aromatic heterocycles. The Kier molecular flexibility index (Phi) is 6.45. The van der Waals surface area contributed by atoms with Gasteiger partial charge in [0.2, 0.25) is 0 Å². The summed E-state index contributed by atoms with van der Waals surface area (Å²) in [6, 6.07) is 8.22. The van der Waals surface area contributed by atoms with E-state index in [1.807, 2.05) is 12.1 Å². The molecule has 0 heterocycles. The number of hydrogen-bond acceptors (Lipinski definition) is 0. The van der Waals surface area contributed by atoms with Crippen LogP contribution in [0.25, 0.3) is 0 Å². The minimum Gasteiger partial charge on any atom is -0.0925 e. The molecule has 0 N–H and O–H groups in total. The zero-order valence-corrected chi connectivity index (χ0v) is 12.4. The summed E-state index contributed by atoms with van der Waals surface area (Å²) in [4.78, 5) is 0. The van der Waals surface area contributed by atoms with Crippen LogP contribution in [0.1, 0.15) is 32.3 Å². The third kappa shape index (κ3) is 4.88. The van der Waals surface area contributed by atoms with Crippen LogP contribution in [0.15, 0.2) is 24.3 Å². The van der Waals surface area contributed by atoms with Gasteiger partial charge in [-0.15, -0.1) is 0 Å². The molecule has 1 rings (SSSR count). The Morgan fingerprint density at radius 1 is 1.25 bits per heavy atom. The van der Waals surface area contributed by atoms with Crippen LogP contribution in [0.2, 0.25) is 5.02 Å². The van der Waals surface area contributed by atoms with Gasteiger partial charge in [-0.05, 0) is 42.4 Å². The van der Waals surface area contributed by atoms with E-state index in [0.29, 0.717) is 0 Å². The summed E-state index contributed by atoms with van der Waals surface area (Å²) < 4.78 is 0. The minimum absolute atomic E-state index is 0.733. The highest BCUT2D eigenvalue weighted by atomic mass is 79.9. The quantitative estimate of drug-likeness (QED) is 0.623. The van der Waals surface area contributed by atoms with E-state index in [2.05, 4.69) is 41.9 Å². The summed E-state index contributed by atoms with van der Waals surface area (Å²) in [5.74, 6) is 1.55. The maximum Gasteiger partial charge on any atom is 0.0406 e. The zero-order valence-electron chi connectivity index (χ0n) is 10.0. The molecule has 0 amide bonds. The molecule has 0 aliphatic heterocycles. The Morgan fingerprint density at radius 3 is 2.38 bits per heavy atom. The fourth-order valence-electron chi connectivity index (χ4n) is 1.89. The summed E-state index contributed by atoms with van der Waals surface area (Å²) in [7, 11) is 0. The van der Waals surface area contributed by atoms with Crippen LogP contribution in [-0.4, -0.2) is 5.33 Å². The summed E-state index contributed by atoms with van der Waals surface area (Å²) in [6.45, 7) is 4.59. The van der Waals surface area contributed by atoms with Gasteiger partial charge in [-0.25, -0.2) is 0 Å². The van der Waals surface area contributed by atoms with Gasteiger partial charge >= 0.3 is 0 Å². The van der Waals surface area contributed by atoms with Crippen molar-refractivity contribution in [2.75, 3.05) is 5.33 Å². The van der Waals surface area contributed by atoms with Crippen LogP contribution in [0, 0.1) is 11.8 Å². The van der Waals surface area contributed by atoms with Gasteiger partial charge in [-0.3, -0.25) is 0 Å². The van der Waals surface area contributed by atoms with Crippen molar-refractivity contribution in [2.45, 2.75) is 33.1 Å². The van der Waals surface area contributed by atoms with E-state index in [0.717, 1.165) is 28.6 Å². The molecule has 0 fully saturated rings. The number of alkyl halides is 1. The predicted octanol–water partition coefficient (Wildman–Crippen LogP) is 5.33. The fourth-order valence-corrected chi connectivity index (χ4v) is 2.51. The Morgan fingerprint density at radius 2 is 1.88 bits per heavy atom. The molecule has 0 radical (unpaired) electrons. The van der Waals surface area contributed by atoms with E-state index in [4.69, 9.17) is 11.6 Å². The van der Waals surface area contributed by atoms with Crippen molar-refractivity contribution in [2.24, 2.45) is 11.8 Å². The van der Waals surface area contributed by atoms with Gasteiger partial charge in [-0.2, -0.15) is 0 Å². The highest BCUT2D eigenvalue weighted by Crippen LogP contribution is 2.22. The lowest BCUT2D eigenvalue weighted by Gasteiger charge is -2.18. The van der Waals surface area contributed by atoms with Gasteiger partial charge in [0.1, 0.15) is 0 Å². The largest absolute Gasteiger partial charge is 0.0925 e. The highest BCUT2D eigenvalue weighted by molar-refractivity contribution is 9.09. The van der Waals surface area contributed by atoms with E-state index < -0.39 is 0 Å². The third-order valence-electron chi connectivity index (χ3n) is 3.09. The average molecular weight is 304 g/mol. The first-order valence-corrected chi connectivity index (χ1v) is 7.46. The standard InChI is InChI=1S/C14H20BrCl/c1-3-11(2)8-13(10-15)9-12-4-6-14(16)7-5-12/h4-7,11,13H,3,8-10H2,1-2H3. The van der Waals surface area contributed by atoms with Gasteiger partial charge < -0.3 is 0 Å². The van der Waals surface area contributed by atoms with Crippen molar-refractivity contribution in [3.8, 4) is 0 Å². The lowest BCUT2D eigenvalue weighted by atomic mass is 9.90. The molecule has 90 valence electrons. The van der Waals surface area contributed by atoms with Gasteiger partial charge in [0.05, 0.1) is 0 Å². The van der Waals surface area contributed by atoms with Crippen molar-refractivity contribution < 1.29 is 0 Å². The SMILES string of the molecule is CCC(C)CC(CBr)Cc1ccc(Cl)cc1. The molecule has 0 aliphatic carbocycles. The molecule has 0 bridgehead atoms. The van der Waals surface area contributed by atoms with Crippen LogP contribution in [0.3, 0.4) is 0 Å². The number of halogens is 2. The molecule has 2 unspecified atom stereocenters. The van der Waals surface area contributed by atoms with Gasteiger partial charge in [-0.1, -0.05) is 59.9 Å². The Bertz CT molecular complexity index is 294. The topological polar surface area (TPSA) is 0 Å². The first-order valence-electron chi connectivity index (χ1n) is 5.96. The lowest BCUT2D eigenvalue weighted by molar-refractivity contribution is 0.410. The van der Waals surface area contributed by atoms with Crippen LogP contribution < -0.4 is 0 Å². The number of rotatable bonds is 6. The molecule has 1 aromatic carbocycles. The first-order chi connectivity index (χ1) is 7.65. The number of benzene rings is 1. The Hall–Kier alpha value is -0.0100. The molecule has 2 heteroatoms. The van der Waals surface area contributed by atoms with Crippen molar-refractivity contribution in [1.29, 1.82) is 0 Å². The van der Waals surface area contributed by atoms with Crippen LogP contribution in [-0.2, 0) is 6.42 Å². The summed E-state index contributed by atoms with van der Waals surface area (Å²) >= 11 is 9.50. The number of hydrogen-bond donors (Lipinski definition) is 0. The van der Waals surface area contributed by atoms with Gasteiger partial charge in [0.15, 0.2) is 0 Å². The summed E-state index contributed by atoms with van der Waals surface area (Å²) in [5, 5.41) is 1.90. The molecular weight excluding hydrogens is 284 g/mol. The van der Waals surface area contributed by atoms with Crippen LogP contribution >= 0.6 is 27.5 Å². The second kappa shape index (κ2) is 7.34. The van der Waals surface area contributed by atoms with Gasteiger partial charge in [0, 0.05) is 10.4 Å². The summed E-state index contributed by atoms with van der Waals surface area (Å²) in [6.07, 6.45) is 3.71. The smallest absolute Gasteiger partial charge is 0.0406 e. The molecule has 2 atom stereocenters. The monoisotopic (exact) mass is 302 g/mol. The molecule has 0 aliphatic rings. The molecule has 0 spiro atoms. The maximum atomic E-state index is 5.88.